The van der Waals surface area contributed by atoms with Crippen molar-refractivity contribution < 1.29 is 13.6 Å². The molecule has 25 heavy (non-hydrogen) atoms. The summed E-state index contributed by atoms with van der Waals surface area (Å²) in [7, 11) is 0. The zero-order chi connectivity index (χ0) is 17.6. The average Bonchev–Trinajstić information content (AvgIpc) is 3.21. The van der Waals surface area contributed by atoms with E-state index in [1.807, 2.05) is 6.92 Å². The highest BCUT2D eigenvalue weighted by Crippen LogP contribution is 2.30. The molecule has 1 aromatic carbocycles. The lowest BCUT2D eigenvalue weighted by molar-refractivity contribution is -0.115. The van der Waals surface area contributed by atoms with Crippen LogP contribution in [0.15, 0.2) is 45.3 Å². The van der Waals surface area contributed by atoms with Crippen LogP contribution in [0.5, 0.6) is 0 Å². The van der Waals surface area contributed by atoms with E-state index < -0.39 is 0 Å². The molecule has 2 aromatic heterocycles. The smallest absolute Gasteiger partial charge is 0.230 e. The fourth-order valence-corrected chi connectivity index (χ4v) is 3.83. The second kappa shape index (κ2) is 8.26. The predicted molar refractivity (Wildman–Crippen MR) is 96.3 cm³/mol. The molecule has 0 fully saturated rings. The summed E-state index contributed by atoms with van der Waals surface area (Å²) in [6, 6.07) is 6.00. The van der Waals surface area contributed by atoms with E-state index in [4.69, 9.17) is 4.42 Å². The lowest BCUT2D eigenvalue weighted by atomic mass is 10.1. The van der Waals surface area contributed by atoms with Crippen LogP contribution in [0, 0.1) is 5.82 Å². The van der Waals surface area contributed by atoms with Crippen molar-refractivity contribution >= 4 is 34.1 Å². The van der Waals surface area contributed by atoms with Crippen LogP contribution in [-0.2, 0) is 23.4 Å². The maximum absolute atomic E-state index is 13.1. The molecule has 0 aliphatic rings. The molecule has 1 amide bonds. The predicted octanol–water partition coefficient (Wildman–Crippen LogP) is 4.31. The quantitative estimate of drug-likeness (QED) is 0.622. The Labute approximate surface area is 152 Å². The number of oxazole rings is 1. The normalized spacial score (nSPS) is 10.8. The first-order chi connectivity index (χ1) is 12.1. The van der Waals surface area contributed by atoms with Crippen molar-refractivity contribution in [2.45, 2.75) is 29.7 Å². The number of hydrogen-bond acceptors (Lipinski definition) is 6. The van der Waals surface area contributed by atoms with Gasteiger partial charge in [0.25, 0.3) is 0 Å². The molecule has 3 aromatic rings. The van der Waals surface area contributed by atoms with E-state index >= 15 is 0 Å². The number of aryl methyl sites for hydroxylation is 1. The van der Waals surface area contributed by atoms with Gasteiger partial charge >= 0.3 is 0 Å². The number of anilines is 1. The molecule has 0 aliphatic carbocycles. The molecule has 0 atom stereocenters. The van der Waals surface area contributed by atoms with Crippen molar-refractivity contribution in [1.82, 2.24) is 9.97 Å². The number of carbonyl (C=O) groups excluding carboxylic acids is 1. The largest absolute Gasteiger partial charge is 0.445 e. The minimum atomic E-state index is -0.351. The summed E-state index contributed by atoms with van der Waals surface area (Å²) in [5, 5.41) is 3.25. The summed E-state index contributed by atoms with van der Waals surface area (Å²) in [6.07, 6.45) is 4.37. The molecule has 0 bridgehead atoms. The van der Waals surface area contributed by atoms with E-state index in [-0.39, 0.29) is 18.1 Å². The van der Waals surface area contributed by atoms with Gasteiger partial charge in [0.1, 0.15) is 11.6 Å². The van der Waals surface area contributed by atoms with Gasteiger partial charge in [0.2, 0.25) is 11.8 Å². The van der Waals surface area contributed by atoms with E-state index in [1.54, 1.807) is 36.3 Å². The third-order valence-corrected chi connectivity index (χ3v) is 5.36. The average molecular weight is 377 g/mol. The van der Waals surface area contributed by atoms with Crippen LogP contribution in [0.2, 0.25) is 0 Å². The Morgan fingerprint density at radius 2 is 2.24 bits per heavy atom. The molecule has 2 heterocycles. The number of aromatic nitrogens is 2. The van der Waals surface area contributed by atoms with E-state index in [2.05, 4.69) is 15.3 Å². The Kier molecular flexibility index (Phi) is 5.83. The zero-order valence-electron chi connectivity index (χ0n) is 13.5. The lowest BCUT2D eigenvalue weighted by Gasteiger charge is -2.02. The van der Waals surface area contributed by atoms with E-state index in [0.717, 1.165) is 16.4 Å². The monoisotopic (exact) mass is 377 g/mol. The highest BCUT2D eigenvalue weighted by molar-refractivity contribution is 8.00. The molecule has 0 spiro atoms. The molecule has 5 nitrogen and oxygen atoms in total. The number of nitrogens with one attached hydrogen (secondary N) is 1. The lowest BCUT2D eigenvalue weighted by Crippen LogP contribution is -2.14. The number of nitrogens with zero attached hydrogens (tertiary/aromatic N) is 2. The topological polar surface area (TPSA) is 68.0 Å². The summed E-state index contributed by atoms with van der Waals surface area (Å²) < 4.78 is 19.6. The first-order valence-corrected chi connectivity index (χ1v) is 9.49. The molecule has 8 heteroatoms. The number of halogens is 1. The van der Waals surface area contributed by atoms with Gasteiger partial charge in [-0.1, -0.05) is 30.4 Å². The second-order valence-electron chi connectivity index (χ2n) is 5.20. The molecule has 0 aliphatic heterocycles. The number of rotatable bonds is 7. The van der Waals surface area contributed by atoms with Crippen LogP contribution < -0.4 is 5.32 Å². The van der Waals surface area contributed by atoms with E-state index in [9.17, 15) is 9.18 Å². The minimum Gasteiger partial charge on any atom is -0.445 e. The molecule has 130 valence electrons. The van der Waals surface area contributed by atoms with Crippen LogP contribution in [0.3, 0.4) is 0 Å². The summed E-state index contributed by atoms with van der Waals surface area (Å²) in [5.74, 6) is 1.57. The van der Waals surface area contributed by atoms with Gasteiger partial charge in [-0.25, -0.2) is 14.4 Å². The Morgan fingerprint density at radius 3 is 3.00 bits per heavy atom. The van der Waals surface area contributed by atoms with Crippen LogP contribution in [0.25, 0.3) is 0 Å². The van der Waals surface area contributed by atoms with E-state index in [1.165, 1.54) is 23.5 Å². The minimum absolute atomic E-state index is 0.107. The van der Waals surface area contributed by atoms with E-state index in [0.29, 0.717) is 22.3 Å². The Morgan fingerprint density at radius 1 is 1.36 bits per heavy atom. The van der Waals surface area contributed by atoms with Crippen LogP contribution in [-0.4, -0.2) is 15.9 Å². The molecule has 0 unspecified atom stereocenters. The number of amides is 1. The highest BCUT2D eigenvalue weighted by Gasteiger charge is 2.10. The van der Waals surface area contributed by atoms with Gasteiger partial charge in [-0.3, -0.25) is 4.79 Å². The molecule has 3 rings (SSSR count). The maximum atomic E-state index is 13.1. The number of hydrogen-bond donors (Lipinski definition) is 1. The van der Waals surface area contributed by atoms with Gasteiger partial charge < -0.3 is 9.73 Å². The summed E-state index contributed by atoms with van der Waals surface area (Å²) in [5.41, 5.74) is 0.624. The van der Waals surface area contributed by atoms with Crippen molar-refractivity contribution in [1.29, 1.82) is 0 Å². The summed E-state index contributed by atoms with van der Waals surface area (Å²) in [4.78, 5) is 20.4. The zero-order valence-corrected chi connectivity index (χ0v) is 15.1. The van der Waals surface area contributed by atoms with Crippen molar-refractivity contribution in [2.75, 3.05) is 5.32 Å². The van der Waals surface area contributed by atoms with Gasteiger partial charge in [-0.05, 0) is 17.7 Å². The SMILES string of the molecule is CCc1cnc(CSc2cnc(NC(=O)Cc3cccc(F)c3)s2)o1. The molecule has 1 N–H and O–H groups in total. The number of carbonyl (C=O) groups is 1. The number of thioether (sulfide) groups is 1. The fourth-order valence-electron chi connectivity index (χ4n) is 2.09. The second-order valence-corrected chi connectivity index (χ2v) is 7.51. The van der Waals surface area contributed by atoms with Crippen LogP contribution in [0.4, 0.5) is 9.52 Å². The Balaban J connectivity index is 1.51. The molecule has 0 saturated heterocycles. The van der Waals surface area contributed by atoms with Crippen molar-refractivity contribution in [3.8, 4) is 0 Å². The third kappa shape index (κ3) is 5.14. The van der Waals surface area contributed by atoms with Crippen LogP contribution >= 0.6 is 23.1 Å². The Hall–Kier alpha value is -2.19. The molecular weight excluding hydrogens is 361 g/mol. The van der Waals surface area contributed by atoms with Crippen molar-refractivity contribution in [2.24, 2.45) is 0 Å². The third-order valence-electron chi connectivity index (χ3n) is 3.27. The summed E-state index contributed by atoms with van der Waals surface area (Å²) in [6.45, 7) is 2.01. The van der Waals surface area contributed by atoms with Crippen LogP contribution in [0.1, 0.15) is 24.1 Å². The molecule has 0 saturated carbocycles. The molecule has 0 radical (unpaired) electrons. The standard InChI is InChI=1S/C17H16FN3O2S2/c1-2-13-8-19-15(23-13)10-24-16-9-20-17(25-16)21-14(22)7-11-4-3-5-12(18)6-11/h3-6,8-9H,2,7,10H2,1H3,(H,20,21,22). The first-order valence-electron chi connectivity index (χ1n) is 7.69. The number of thiazole rings is 1. The van der Waals surface area contributed by atoms with Gasteiger partial charge in [0.15, 0.2) is 5.13 Å². The van der Waals surface area contributed by atoms with Gasteiger partial charge in [0.05, 0.1) is 28.8 Å². The summed E-state index contributed by atoms with van der Waals surface area (Å²) >= 11 is 2.93. The van der Waals surface area contributed by atoms with Gasteiger partial charge in [0, 0.05) is 6.42 Å². The molecular formula is C17H16FN3O2S2. The maximum Gasteiger partial charge on any atom is 0.230 e. The number of benzene rings is 1. The first kappa shape index (κ1) is 17.6. The van der Waals surface area contributed by atoms with Gasteiger partial charge in [-0.2, -0.15) is 0 Å². The van der Waals surface area contributed by atoms with Crippen molar-refractivity contribution in [3.05, 3.63) is 59.7 Å². The van der Waals surface area contributed by atoms with Crippen molar-refractivity contribution in [3.63, 3.8) is 0 Å². The fraction of sp³-hybridized carbons (Fsp3) is 0.235. The Bertz CT molecular complexity index is 863. The van der Waals surface area contributed by atoms with Gasteiger partial charge in [-0.15, -0.1) is 11.8 Å². The highest BCUT2D eigenvalue weighted by atomic mass is 32.2.